The number of nitrogens with zero attached hydrogens (tertiary/aromatic N) is 1. The summed E-state index contributed by atoms with van der Waals surface area (Å²) in [6, 6.07) is 54.1. The summed E-state index contributed by atoms with van der Waals surface area (Å²) in [5.41, 5.74) is 3.73. The zero-order valence-electron chi connectivity index (χ0n) is 39.3. The van der Waals surface area contributed by atoms with Crippen molar-refractivity contribution in [1.29, 1.82) is 5.26 Å². The van der Waals surface area contributed by atoms with Gasteiger partial charge in [-0.15, -0.1) is 0 Å². The number of benzene rings is 6. The lowest BCUT2D eigenvalue weighted by Crippen LogP contribution is -2.66. The Kier molecular flexibility index (Phi) is 17.8. The van der Waals surface area contributed by atoms with E-state index in [2.05, 4.69) is 6.07 Å². The third kappa shape index (κ3) is 13.4. The lowest BCUT2D eigenvalue weighted by atomic mass is 9.96. The van der Waals surface area contributed by atoms with E-state index >= 15 is 0 Å². The minimum absolute atomic E-state index is 0.0381. The first kappa shape index (κ1) is 50.3. The van der Waals surface area contributed by atoms with Crippen molar-refractivity contribution >= 4 is 17.9 Å². The van der Waals surface area contributed by atoms with Gasteiger partial charge in [0.25, 0.3) is 0 Å². The van der Waals surface area contributed by atoms with Crippen LogP contribution in [0.1, 0.15) is 55.5 Å². The first-order valence-corrected chi connectivity index (χ1v) is 23.4. The molecule has 0 radical (unpaired) electrons. The molecule has 0 saturated carbocycles. The van der Waals surface area contributed by atoms with Crippen molar-refractivity contribution in [2.75, 3.05) is 13.7 Å². The maximum atomic E-state index is 14.3. The molecule has 71 heavy (non-hydrogen) atoms. The molecule has 2 heterocycles. The minimum Gasteiger partial charge on any atom is -0.455 e. The van der Waals surface area contributed by atoms with E-state index in [4.69, 9.17) is 47.4 Å². The molecule has 2 aliphatic heterocycles. The quantitative estimate of drug-likeness (QED) is 0.0529. The van der Waals surface area contributed by atoms with Gasteiger partial charge in [-0.1, -0.05) is 146 Å². The zero-order valence-corrected chi connectivity index (χ0v) is 39.3. The largest absolute Gasteiger partial charge is 0.455 e. The molecule has 0 aliphatic carbocycles. The van der Waals surface area contributed by atoms with Crippen LogP contribution < -0.4 is 0 Å². The molecule has 0 unspecified atom stereocenters. The third-order valence-electron chi connectivity index (χ3n) is 12.1. The van der Waals surface area contributed by atoms with E-state index in [1.807, 2.05) is 91.0 Å². The fraction of sp³-hybridized carbons (Fsp3) is 0.298. The first-order valence-electron chi connectivity index (χ1n) is 23.4. The number of rotatable bonds is 20. The Balaban J connectivity index is 1.19. The zero-order chi connectivity index (χ0) is 49.4. The number of carbonyl (C=O) groups is 3. The molecule has 366 valence electrons. The van der Waals surface area contributed by atoms with Crippen LogP contribution in [0.25, 0.3) is 0 Å². The Bertz CT molecular complexity index is 2650. The van der Waals surface area contributed by atoms with Gasteiger partial charge >= 0.3 is 17.9 Å². The molecule has 8 rings (SSSR count). The molecule has 0 spiro atoms. The van der Waals surface area contributed by atoms with Crippen LogP contribution in [0.15, 0.2) is 176 Å². The van der Waals surface area contributed by atoms with Crippen LogP contribution in [0.2, 0.25) is 0 Å². The summed E-state index contributed by atoms with van der Waals surface area (Å²) in [4.78, 5) is 42.4. The summed E-state index contributed by atoms with van der Waals surface area (Å²) in [6.07, 6.45) is -12.3. The van der Waals surface area contributed by atoms with Crippen molar-refractivity contribution in [2.45, 2.75) is 94.6 Å². The number of carbonyl (C=O) groups excluding carboxylic acids is 3. The fourth-order valence-corrected chi connectivity index (χ4v) is 8.46. The molecule has 2 saturated heterocycles. The summed E-state index contributed by atoms with van der Waals surface area (Å²) < 4.78 is 65.1. The van der Waals surface area contributed by atoms with Crippen LogP contribution in [0.3, 0.4) is 0 Å². The van der Waals surface area contributed by atoms with Crippen LogP contribution in [-0.2, 0) is 78.4 Å². The molecule has 0 N–H and O–H groups in total. The summed E-state index contributed by atoms with van der Waals surface area (Å²) in [7, 11) is 1.51. The van der Waals surface area contributed by atoms with E-state index < -0.39 is 79.3 Å². The summed E-state index contributed by atoms with van der Waals surface area (Å²) in [5, 5.41) is 9.79. The van der Waals surface area contributed by atoms with Crippen molar-refractivity contribution < 1.29 is 61.8 Å². The van der Waals surface area contributed by atoms with E-state index in [1.54, 1.807) is 91.9 Å². The van der Waals surface area contributed by atoms with Gasteiger partial charge in [-0.2, -0.15) is 5.26 Å². The van der Waals surface area contributed by atoms with Gasteiger partial charge in [0, 0.05) is 7.11 Å². The normalized spacial score (nSPS) is 24.0. The minimum atomic E-state index is -1.60. The number of methoxy groups -OCH3 is 1. The lowest BCUT2D eigenvalue weighted by molar-refractivity contribution is -0.363. The predicted octanol–water partition coefficient (Wildman–Crippen LogP) is 8.35. The maximum Gasteiger partial charge on any atom is 0.338 e. The second kappa shape index (κ2) is 25.2. The molecule has 0 aromatic heterocycles. The van der Waals surface area contributed by atoms with Crippen LogP contribution in [0.4, 0.5) is 0 Å². The van der Waals surface area contributed by atoms with Crippen molar-refractivity contribution in [2.24, 2.45) is 0 Å². The molecule has 2 aliphatic rings. The molecule has 10 atom stereocenters. The summed E-state index contributed by atoms with van der Waals surface area (Å²) in [6.45, 7) is 2.09. The van der Waals surface area contributed by atoms with Gasteiger partial charge in [0.15, 0.2) is 30.9 Å². The topological polar surface area (TPSA) is 167 Å². The van der Waals surface area contributed by atoms with Crippen LogP contribution in [0, 0.1) is 11.3 Å². The highest BCUT2D eigenvalue weighted by Crippen LogP contribution is 2.36. The number of hydrogen-bond acceptors (Lipinski definition) is 14. The SMILES string of the molecule is CO[C@H]1O[C@H](COCc2ccccc2)[C@@H](O[C@@H]2O[C@H](C)[C@H](OC(=O)Cc3ccccc3C#N)[C@H](OC(=O)c3ccccc3)[C@H]2OC(=O)c2ccccc2)[C@H](OCc2ccccc2)[C@H]1OCc1ccccc1. The molecular formula is C57H55NO13. The third-order valence-corrected chi connectivity index (χ3v) is 12.1. The second-order valence-electron chi connectivity index (χ2n) is 17.0. The molecule has 2 fully saturated rings. The standard InChI is InChI=1S/C57H55NO13/c1-38-48(68-47(59)32-44-30-18-19-31-45(44)33-58)51(69-54(60)42-26-14-6-15-27-42)53(70-55(61)43-28-16-7-17-29-43)57(66-38)71-49-46(37-63-34-39-20-8-3-9-21-39)67-56(62-2)52(65-36-41-24-12-5-13-25-41)50(49)64-35-40-22-10-4-11-23-40/h3-31,38,46,48-53,56-57H,32,34-37H2,1-2H3/t38-,46-,48+,49-,50+,51+,52-,53-,56+,57+/m1/s1. The average Bonchev–Trinajstić information content (AvgIpc) is 3.41. The van der Waals surface area contributed by atoms with Crippen molar-refractivity contribution in [3.8, 4) is 6.07 Å². The van der Waals surface area contributed by atoms with Gasteiger partial charge < -0.3 is 47.4 Å². The highest BCUT2D eigenvalue weighted by Gasteiger charge is 2.56. The molecule has 0 amide bonds. The lowest BCUT2D eigenvalue weighted by Gasteiger charge is -2.49. The van der Waals surface area contributed by atoms with Crippen LogP contribution in [0.5, 0.6) is 0 Å². The fourth-order valence-electron chi connectivity index (χ4n) is 8.46. The van der Waals surface area contributed by atoms with Gasteiger partial charge in [-0.3, -0.25) is 4.79 Å². The van der Waals surface area contributed by atoms with E-state index in [9.17, 15) is 19.6 Å². The Hall–Kier alpha value is -7.06. The molecule has 0 bridgehead atoms. The second-order valence-corrected chi connectivity index (χ2v) is 17.0. The van der Waals surface area contributed by atoms with E-state index in [1.165, 1.54) is 7.11 Å². The Labute approximate surface area is 412 Å². The van der Waals surface area contributed by atoms with Crippen LogP contribution >= 0.6 is 0 Å². The average molecular weight is 962 g/mol. The Morgan fingerprint density at radius 2 is 1.01 bits per heavy atom. The highest BCUT2D eigenvalue weighted by atomic mass is 16.8. The maximum absolute atomic E-state index is 14.3. The molecule has 6 aromatic carbocycles. The van der Waals surface area contributed by atoms with Crippen molar-refractivity contribution in [3.63, 3.8) is 0 Å². The number of nitriles is 1. The summed E-state index contributed by atoms with van der Waals surface area (Å²) in [5.74, 6) is -2.36. The molecule has 14 nitrogen and oxygen atoms in total. The Morgan fingerprint density at radius 3 is 1.56 bits per heavy atom. The molecular weight excluding hydrogens is 907 g/mol. The Morgan fingerprint density at radius 1 is 0.521 bits per heavy atom. The van der Waals surface area contributed by atoms with E-state index in [0.29, 0.717) is 5.56 Å². The van der Waals surface area contributed by atoms with Gasteiger partial charge in [-0.25, -0.2) is 9.59 Å². The smallest absolute Gasteiger partial charge is 0.338 e. The molecule has 14 heteroatoms. The number of ether oxygens (including phenoxy) is 10. The predicted molar refractivity (Wildman–Crippen MR) is 257 cm³/mol. The van der Waals surface area contributed by atoms with E-state index in [0.717, 1.165) is 16.7 Å². The molecule has 6 aromatic rings. The van der Waals surface area contributed by atoms with Crippen LogP contribution in [-0.4, -0.2) is 93.0 Å². The number of hydrogen-bond donors (Lipinski definition) is 0. The van der Waals surface area contributed by atoms with Gasteiger partial charge in [0.1, 0.15) is 24.4 Å². The van der Waals surface area contributed by atoms with E-state index in [-0.39, 0.29) is 49.5 Å². The number of esters is 3. The monoisotopic (exact) mass is 961 g/mol. The van der Waals surface area contributed by atoms with Crippen molar-refractivity contribution in [1.82, 2.24) is 0 Å². The summed E-state index contributed by atoms with van der Waals surface area (Å²) >= 11 is 0. The van der Waals surface area contributed by atoms with Crippen molar-refractivity contribution in [3.05, 3.63) is 215 Å². The highest BCUT2D eigenvalue weighted by molar-refractivity contribution is 5.90. The van der Waals surface area contributed by atoms with Gasteiger partial charge in [0.05, 0.1) is 61.7 Å². The van der Waals surface area contributed by atoms with Gasteiger partial charge in [-0.05, 0) is 59.5 Å². The first-order chi connectivity index (χ1) is 34.8. The van der Waals surface area contributed by atoms with Gasteiger partial charge in [0.2, 0.25) is 0 Å².